The lowest BCUT2D eigenvalue weighted by atomic mass is 10.0. The third-order valence-corrected chi connectivity index (χ3v) is 12.2. The third kappa shape index (κ3) is 9.21. The van der Waals surface area contributed by atoms with Gasteiger partial charge in [0.25, 0.3) is 11.8 Å². The predicted molar refractivity (Wildman–Crippen MR) is 253 cm³/mol. The second-order valence-electron chi connectivity index (χ2n) is 15.8. The Hall–Kier alpha value is -7.64. The van der Waals surface area contributed by atoms with Gasteiger partial charge in [-0.1, -0.05) is 35.3 Å². The zero-order valence-electron chi connectivity index (χ0n) is 36.2. The second-order valence-corrected chi connectivity index (χ2v) is 16.5. The molecule has 2 aliphatic rings. The van der Waals surface area contributed by atoms with Crippen LogP contribution in [0.2, 0.25) is 10.3 Å². The molecule has 2 atom stereocenters. The van der Waals surface area contributed by atoms with E-state index in [4.69, 9.17) is 23.2 Å². The summed E-state index contributed by atoms with van der Waals surface area (Å²) in [7, 11) is 3.63. The molecule has 0 aliphatic carbocycles. The molecular weight excluding hydrogens is 918 g/mol. The summed E-state index contributed by atoms with van der Waals surface area (Å²) in [4.78, 5) is 45.0. The van der Waals surface area contributed by atoms with Gasteiger partial charge in [-0.3, -0.25) is 19.0 Å². The van der Waals surface area contributed by atoms with Gasteiger partial charge in [-0.25, -0.2) is 28.7 Å². The number of nitrogens with one attached hydrogen (secondary N) is 2. The van der Waals surface area contributed by atoms with Gasteiger partial charge in [0.2, 0.25) is 0 Å². The van der Waals surface area contributed by atoms with Gasteiger partial charge >= 0.3 is 0 Å². The number of aliphatic hydroxyl groups is 2. The highest BCUT2D eigenvalue weighted by Crippen LogP contribution is 2.39. The van der Waals surface area contributed by atoms with E-state index in [2.05, 4.69) is 40.8 Å². The maximum absolute atomic E-state index is 15.3. The second kappa shape index (κ2) is 19.3. The van der Waals surface area contributed by atoms with Crippen LogP contribution >= 0.6 is 23.2 Å². The normalized spacial score (nSPS) is 13.6. The molecule has 10 rings (SSSR count). The number of hydrogen-bond donors (Lipinski definition) is 4. The number of halogens is 4. The van der Waals surface area contributed by atoms with Crippen LogP contribution in [0.5, 0.6) is 0 Å². The maximum atomic E-state index is 15.3. The molecule has 344 valence electrons. The van der Waals surface area contributed by atoms with E-state index in [9.17, 15) is 19.8 Å². The van der Waals surface area contributed by atoms with E-state index in [1.54, 1.807) is 58.4 Å². The first kappa shape index (κ1) is 45.5. The van der Waals surface area contributed by atoms with Crippen molar-refractivity contribution in [3.63, 3.8) is 0 Å². The lowest BCUT2D eigenvalue weighted by molar-refractivity contribution is -0.127. The van der Waals surface area contributed by atoms with Gasteiger partial charge in [0, 0.05) is 75.2 Å². The summed E-state index contributed by atoms with van der Waals surface area (Å²) in [6.07, 6.45) is 7.42. The Morgan fingerprint density at radius 1 is 0.574 bits per heavy atom. The van der Waals surface area contributed by atoms with E-state index in [0.717, 1.165) is 22.8 Å². The maximum Gasteiger partial charge on any atom is 0.260 e. The van der Waals surface area contributed by atoms with Crippen LogP contribution in [0.1, 0.15) is 34.5 Å². The number of aliphatic hydroxyl groups excluding tert-OH is 2. The van der Waals surface area contributed by atoms with Crippen LogP contribution in [0, 0.1) is 11.6 Å². The summed E-state index contributed by atoms with van der Waals surface area (Å²) in [6, 6.07) is 23.6. The quantitative estimate of drug-likeness (QED) is 0.0966. The van der Waals surface area contributed by atoms with Crippen molar-refractivity contribution in [2.24, 2.45) is 14.1 Å². The number of amides is 2. The summed E-state index contributed by atoms with van der Waals surface area (Å²) in [5.74, 6) is 0.350. The molecule has 0 unspecified atom stereocenters. The molecule has 0 bridgehead atoms. The summed E-state index contributed by atoms with van der Waals surface area (Å²) in [5, 5.41) is 35.8. The lowest BCUT2D eigenvalue weighted by Crippen LogP contribution is -2.34. The Kier molecular flexibility index (Phi) is 12.9. The number of anilines is 6. The van der Waals surface area contributed by atoms with E-state index in [0.29, 0.717) is 46.7 Å². The van der Waals surface area contributed by atoms with Gasteiger partial charge in [0.15, 0.2) is 12.2 Å². The number of fused-ring (bicyclic) bond motifs is 2. The zero-order chi connectivity index (χ0) is 47.6. The molecule has 0 fully saturated rings. The van der Waals surface area contributed by atoms with Crippen molar-refractivity contribution in [3.8, 4) is 22.3 Å². The number of pyridine rings is 4. The molecule has 68 heavy (non-hydrogen) atoms. The summed E-state index contributed by atoms with van der Waals surface area (Å²) in [5.41, 5.74) is 4.96. The fourth-order valence-corrected chi connectivity index (χ4v) is 8.58. The molecule has 8 aromatic rings. The number of aromatic nitrogens is 8. The summed E-state index contributed by atoms with van der Waals surface area (Å²) >= 11 is 12.0. The van der Waals surface area contributed by atoms with E-state index in [-0.39, 0.29) is 45.9 Å². The van der Waals surface area contributed by atoms with Gasteiger partial charge in [-0.15, -0.1) is 0 Å². The van der Waals surface area contributed by atoms with Gasteiger partial charge < -0.3 is 30.6 Å². The molecule has 2 amide bonds. The van der Waals surface area contributed by atoms with E-state index >= 15 is 8.78 Å². The minimum absolute atomic E-state index is 0.0341. The lowest BCUT2D eigenvalue weighted by Gasteiger charge is -2.22. The Balaban J connectivity index is 0.000000170. The van der Waals surface area contributed by atoms with Crippen LogP contribution in [0.15, 0.2) is 122 Å². The number of aryl methyl sites for hydroxylation is 2. The number of rotatable bonds is 10. The van der Waals surface area contributed by atoms with E-state index in [1.807, 2.05) is 50.5 Å². The minimum Gasteiger partial charge on any atom is -0.378 e. The molecule has 0 radical (unpaired) electrons. The first-order chi connectivity index (χ1) is 32.8. The Bertz CT molecular complexity index is 2990. The van der Waals surface area contributed by atoms with Crippen LogP contribution in [-0.4, -0.2) is 74.6 Å². The van der Waals surface area contributed by atoms with E-state index < -0.39 is 35.7 Å². The fourth-order valence-electron chi connectivity index (χ4n) is 8.14. The van der Waals surface area contributed by atoms with E-state index in [1.165, 1.54) is 46.5 Å². The zero-order valence-corrected chi connectivity index (χ0v) is 37.7. The molecule has 0 saturated carbocycles. The topological polar surface area (TPSA) is 192 Å². The largest absolute Gasteiger partial charge is 0.378 e. The SMILES string of the molecule is Cn1nccc1Nc1cc(-c2cc(F)c3c(c2)CCN3C(=O)[C@@H](O)c2cccnc2Cl)ccn1.Cn1nccc1Nc1cc(-c2cc(F)c3c(c2)CCN3C(=O)[C@H](O)c2cccnc2Cl)ccn1. The molecular formula is C48H40Cl2F2N12O4. The number of hydrogen-bond acceptors (Lipinski definition) is 12. The molecule has 4 N–H and O–H groups in total. The van der Waals surface area contributed by atoms with Crippen molar-refractivity contribution in [3.05, 3.63) is 166 Å². The van der Waals surface area contributed by atoms with Crippen LogP contribution in [0.3, 0.4) is 0 Å². The van der Waals surface area contributed by atoms with Gasteiger partial charge in [-0.2, -0.15) is 10.2 Å². The van der Waals surface area contributed by atoms with Crippen molar-refractivity contribution >= 4 is 69.7 Å². The predicted octanol–water partition coefficient (Wildman–Crippen LogP) is 8.07. The van der Waals surface area contributed by atoms with Crippen LogP contribution < -0.4 is 20.4 Å². The highest BCUT2D eigenvalue weighted by atomic mass is 35.5. The molecule has 0 saturated heterocycles. The fraction of sp³-hybridized carbons (Fsp3) is 0.167. The Labute approximate surface area is 397 Å². The van der Waals surface area contributed by atoms with Gasteiger partial charge in [0.1, 0.15) is 45.2 Å². The average Bonchev–Trinajstić information content (AvgIpc) is 4.17. The molecule has 2 aliphatic heterocycles. The number of benzene rings is 2. The van der Waals surface area contributed by atoms with Crippen LogP contribution in [0.4, 0.5) is 43.4 Å². The molecule has 0 spiro atoms. The van der Waals surface area contributed by atoms with Crippen LogP contribution in [-0.2, 0) is 36.5 Å². The van der Waals surface area contributed by atoms with Crippen molar-refractivity contribution < 1.29 is 28.6 Å². The van der Waals surface area contributed by atoms with Gasteiger partial charge in [-0.05, 0) is 107 Å². The Morgan fingerprint density at radius 2 is 1.00 bits per heavy atom. The highest BCUT2D eigenvalue weighted by Gasteiger charge is 2.35. The smallest absolute Gasteiger partial charge is 0.260 e. The summed E-state index contributed by atoms with van der Waals surface area (Å²) in [6.45, 7) is 0.514. The molecule has 20 heteroatoms. The first-order valence-corrected chi connectivity index (χ1v) is 21.9. The van der Waals surface area contributed by atoms with Crippen molar-refractivity contribution in [2.75, 3.05) is 33.5 Å². The van der Waals surface area contributed by atoms with Crippen molar-refractivity contribution in [1.82, 2.24) is 39.5 Å². The number of carbonyl (C=O) groups excluding carboxylic acids is 2. The monoisotopic (exact) mass is 956 g/mol. The molecule has 8 heterocycles. The standard InChI is InChI=1S/2C24H20ClFN6O2/c2*1-31-20(5-9-29-31)30-19-13-14(4-8-27-19)16-11-15-6-10-32(21(15)18(26)12-16)24(34)22(33)17-3-2-7-28-23(17)25/h2*2-5,7-9,11-13,22,33H,6,10H2,1H3,(H,27,30)/t2*22-/m10/s1. The van der Waals surface area contributed by atoms with Crippen LogP contribution in [0.25, 0.3) is 22.3 Å². The van der Waals surface area contributed by atoms with Crippen molar-refractivity contribution in [1.29, 1.82) is 0 Å². The highest BCUT2D eigenvalue weighted by molar-refractivity contribution is 6.30. The number of carbonyl (C=O) groups is 2. The third-order valence-electron chi connectivity index (χ3n) is 11.5. The summed E-state index contributed by atoms with van der Waals surface area (Å²) < 4.78 is 34.0. The average molecular weight is 958 g/mol. The molecule has 2 aromatic carbocycles. The Morgan fingerprint density at radius 3 is 1.38 bits per heavy atom. The van der Waals surface area contributed by atoms with Crippen molar-refractivity contribution in [2.45, 2.75) is 25.0 Å². The first-order valence-electron chi connectivity index (χ1n) is 21.1. The molecule has 16 nitrogen and oxygen atoms in total. The van der Waals surface area contributed by atoms with Gasteiger partial charge in [0.05, 0.1) is 23.8 Å². The number of nitrogens with zero attached hydrogens (tertiary/aromatic N) is 10. The molecule has 6 aromatic heterocycles. The minimum atomic E-state index is -1.54.